The summed E-state index contributed by atoms with van der Waals surface area (Å²) in [4.78, 5) is 28.2. The Morgan fingerprint density at radius 1 is 0.972 bits per heavy atom. The van der Waals surface area contributed by atoms with Gasteiger partial charge in [-0.25, -0.2) is 4.98 Å². The number of amides is 1. The summed E-state index contributed by atoms with van der Waals surface area (Å²) >= 11 is 0. The van der Waals surface area contributed by atoms with Gasteiger partial charge in [0.25, 0.3) is 5.91 Å². The maximum atomic E-state index is 12.9. The maximum absolute atomic E-state index is 12.9. The molecule has 0 fully saturated rings. The number of aromatic nitrogens is 2. The molecule has 184 valence electrons. The molecular formula is C28H27N3O5. The average Bonchev–Trinajstić information content (AvgIpc) is 3.31. The molecule has 36 heavy (non-hydrogen) atoms. The number of nitrogens with one attached hydrogen (secondary N) is 1. The molecule has 8 heteroatoms. The van der Waals surface area contributed by atoms with E-state index >= 15 is 0 Å². The zero-order chi connectivity index (χ0) is 25.7. The Balaban J connectivity index is 1.68. The van der Waals surface area contributed by atoms with Crippen molar-refractivity contribution in [2.24, 2.45) is 0 Å². The SMILES string of the molecule is COc1ccc(-c2ccc(CCC(=O)O)n2-c2ccc(C(=O)Nc3ccc(OC)nc3)cc2C)cc1. The molecule has 0 aliphatic heterocycles. The fourth-order valence-corrected chi connectivity index (χ4v) is 4.01. The van der Waals surface area contributed by atoms with Gasteiger partial charge in [-0.3, -0.25) is 9.59 Å². The first kappa shape index (κ1) is 24.5. The van der Waals surface area contributed by atoms with Crippen molar-refractivity contribution in [1.29, 1.82) is 0 Å². The van der Waals surface area contributed by atoms with Gasteiger partial charge < -0.3 is 24.5 Å². The fraction of sp³-hybridized carbons (Fsp3) is 0.179. The van der Waals surface area contributed by atoms with Crippen molar-refractivity contribution < 1.29 is 24.2 Å². The van der Waals surface area contributed by atoms with E-state index in [0.29, 0.717) is 23.6 Å². The first-order chi connectivity index (χ1) is 17.4. The number of benzene rings is 2. The quantitative estimate of drug-likeness (QED) is 0.341. The Morgan fingerprint density at radius 3 is 2.36 bits per heavy atom. The van der Waals surface area contributed by atoms with Gasteiger partial charge in [0, 0.05) is 23.0 Å². The van der Waals surface area contributed by atoms with Gasteiger partial charge >= 0.3 is 5.97 Å². The summed E-state index contributed by atoms with van der Waals surface area (Å²) in [6, 6.07) is 20.5. The Kier molecular flexibility index (Phi) is 7.34. The highest BCUT2D eigenvalue weighted by molar-refractivity contribution is 6.04. The standard InChI is InChI=1S/C28H27N3O5/c1-18-16-20(28(34)30-21-7-14-26(36-3)29-17-21)6-12-24(18)31-22(9-15-27(32)33)8-13-25(31)19-4-10-23(35-2)11-5-19/h4-8,10-14,16-17H,9,15H2,1-3H3,(H,30,34)(H,32,33). The van der Waals surface area contributed by atoms with Gasteiger partial charge in [-0.2, -0.15) is 0 Å². The first-order valence-corrected chi connectivity index (χ1v) is 11.4. The van der Waals surface area contributed by atoms with Crippen molar-refractivity contribution in [3.05, 3.63) is 89.7 Å². The number of carbonyl (C=O) groups is 2. The predicted octanol–water partition coefficient (Wildman–Crippen LogP) is 5.13. The number of pyridine rings is 1. The van der Waals surface area contributed by atoms with E-state index in [0.717, 1.165) is 34.0 Å². The Bertz CT molecular complexity index is 1380. The number of nitrogens with zero attached hydrogens (tertiary/aromatic N) is 2. The summed E-state index contributed by atoms with van der Waals surface area (Å²) in [7, 11) is 3.15. The topological polar surface area (TPSA) is 103 Å². The Morgan fingerprint density at radius 2 is 1.75 bits per heavy atom. The fourth-order valence-electron chi connectivity index (χ4n) is 4.01. The number of aryl methyl sites for hydroxylation is 2. The highest BCUT2D eigenvalue weighted by Crippen LogP contribution is 2.31. The number of aliphatic carboxylic acids is 1. The zero-order valence-electron chi connectivity index (χ0n) is 20.3. The highest BCUT2D eigenvalue weighted by atomic mass is 16.5. The van der Waals surface area contributed by atoms with Gasteiger partial charge in [-0.15, -0.1) is 0 Å². The molecule has 4 aromatic rings. The first-order valence-electron chi connectivity index (χ1n) is 11.4. The summed E-state index contributed by atoms with van der Waals surface area (Å²) < 4.78 is 12.4. The van der Waals surface area contributed by atoms with Gasteiger partial charge in [0.2, 0.25) is 5.88 Å². The molecule has 2 heterocycles. The molecule has 2 aromatic carbocycles. The molecule has 0 aliphatic rings. The van der Waals surface area contributed by atoms with Crippen LogP contribution in [0.25, 0.3) is 16.9 Å². The minimum absolute atomic E-state index is 0.0154. The van der Waals surface area contributed by atoms with E-state index in [1.165, 1.54) is 13.3 Å². The van der Waals surface area contributed by atoms with Crippen LogP contribution in [0.4, 0.5) is 5.69 Å². The van der Waals surface area contributed by atoms with Gasteiger partial charge in [0.05, 0.1) is 38.2 Å². The molecule has 2 aromatic heterocycles. The third-order valence-electron chi connectivity index (χ3n) is 5.85. The minimum atomic E-state index is -0.856. The van der Waals surface area contributed by atoms with Crippen LogP contribution in [0.3, 0.4) is 0 Å². The van der Waals surface area contributed by atoms with Crippen molar-refractivity contribution in [2.45, 2.75) is 19.8 Å². The lowest BCUT2D eigenvalue weighted by molar-refractivity contribution is -0.136. The van der Waals surface area contributed by atoms with Crippen LogP contribution in [0.5, 0.6) is 11.6 Å². The number of carboxylic acid groups (broad SMARTS) is 1. The summed E-state index contributed by atoms with van der Waals surface area (Å²) in [5.41, 5.74) is 5.55. The molecule has 0 saturated heterocycles. The van der Waals surface area contributed by atoms with Gasteiger partial charge in [-0.1, -0.05) is 0 Å². The van der Waals surface area contributed by atoms with Crippen LogP contribution >= 0.6 is 0 Å². The van der Waals surface area contributed by atoms with Crippen LogP contribution in [-0.4, -0.2) is 40.8 Å². The lowest BCUT2D eigenvalue weighted by Crippen LogP contribution is -2.13. The molecule has 0 saturated carbocycles. The molecule has 8 nitrogen and oxygen atoms in total. The number of methoxy groups -OCH3 is 2. The molecule has 0 atom stereocenters. The second-order valence-corrected chi connectivity index (χ2v) is 8.21. The number of carbonyl (C=O) groups excluding carboxylic acids is 1. The van der Waals surface area contributed by atoms with Gasteiger partial charge in [0.1, 0.15) is 5.75 Å². The van der Waals surface area contributed by atoms with Crippen molar-refractivity contribution in [2.75, 3.05) is 19.5 Å². The number of hydrogen-bond acceptors (Lipinski definition) is 5. The number of carboxylic acids is 1. The maximum Gasteiger partial charge on any atom is 0.303 e. The van der Waals surface area contributed by atoms with E-state index in [9.17, 15) is 14.7 Å². The van der Waals surface area contributed by atoms with Crippen LogP contribution in [-0.2, 0) is 11.2 Å². The number of hydrogen-bond donors (Lipinski definition) is 2. The minimum Gasteiger partial charge on any atom is -0.497 e. The second kappa shape index (κ2) is 10.8. The normalized spacial score (nSPS) is 10.6. The number of ether oxygens (including phenoxy) is 2. The lowest BCUT2D eigenvalue weighted by atomic mass is 10.1. The molecular weight excluding hydrogens is 458 g/mol. The largest absolute Gasteiger partial charge is 0.497 e. The zero-order valence-corrected chi connectivity index (χ0v) is 20.3. The van der Waals surface area contributed by atoms with Crippen LogP contribution in [0, 0.1) is 6.92 Å². The van der Waals surface area contributed by atoms with Crippen LogP contribution in [0.2, 0.25) is 0 Å². The van der Waals surface area contributed by atoms with E-state index < -0.39 is 5.97 Å². The Labute approximate surface area is 209 Å². The lowest BCUT2D eigenvalue weighted by Gasteiger charge is -2.17. The van der Waals surface area contributed by atoms with Crippen LogP contribution in [0.15, 0.2) is 72.9 Å². The molecule has 0 unspecified atom stereocenters. The predicted molar refractivity (Wildman–Crippen MR) is 137 cm³/mol. The molecule has 0 radical (unpaired) electrons. The summed E-state index contributed by atoms with van der Waals surface area (Å²) in [5.74, 6) is 0.101. The summed E-state index contributed by atoms with van der Waals surface area (Å²) in [6.45, 7) is 1.93. The van der Waals surface area contributed by atoms with Crippen molar-refractivity contribution in [3.63, 3.8) is 0 Å². The number of rotatable bonds is 9. The van der Waals surface area contributed by atoms with Crippen LogP contribution in [0.1, 0.15) is 28.0 Å². The smallest absolute Gasteiger partial charge is 0.303 e. The van der Waals surface area contributed by atoms with E-state index in [-0.39, 0.29) is 12.3 Å². The molecule has 4 rings (SSSR count). The third kappa shape index (κ3) is 5.38. The van der Waals surface area contributed by atoms with Crippen molar-refractivity contribution >= 4 is 17.6 Å². The van der Waals surface area contributed by atoms with E-state index in [2.05, 4.69) is 14.9 Å². The van der Waals surface area contributed by atoms with Gasteiger partial charge in [0.15, 0.2) is 0 Å². The van der Waals surface area contributed by atoms with E-state index in [1.807, 2.05) is 55.5 Å². The number of anilines is 1. The monoisotopic (exact) mass is 485 g/mol. The van der Waals surface area contributed by atoms with Gasteiger partial charge in [-0.05, 0) is 85.1 Å². The third-order valence-corrected chi connectivity index (χ3v) is 5.85. The molecule has 2 N–H and O–H groups in total. The summed E-state index contributed by atoms with van der Waals surface area (Å²) in [6.07, 6.45) is 1.92. The van der Waals surface area contributed by atoms with Crippen molar-refractivity contribution in [3.8, 4) is 28.6 Å². The molecule has 0 bridgehead atoms. The average molecular weight is 486 g/mol. The summed E-state index contributed by atoms with van der Waals surface area (Å²) in [5, 5.41) is 12.1. The van der Waals surface area contributed by atoms with Crippen molar-refractivity contribution in [1.82, 2.24) is 9.55 Å². The van der Waals surface area contributed by atoms with Crippen LogP contribution < -0.4 is 14.8 Å². The van der Waals surface area contributed by atoms with E-state index in [1.54, 1.807) is 25.3 Å². The molecule has 0 spiro atoms. The van der Waals surface area contributed by atoms with E-state index in [4.69, 9.17) is 9.47 Å². The molecule has 0 aliphatic carbocycles. The Hall–Kier alpha value is -4.59. The highest BCUT2D eigenvalue weighted by Gasteiger charge is 2.16. The second-order valence-electron chi connectivity index (χ2n) is 8.21. The molecule has 1 amide bonds.